The number of nitrogen functional groups attached to an aromatic ring is 2. The summed E-state index contributed by atoms with van der Waals surface area (Å²) >= 11 is 0. The molecule has 0 aliphatic heterocycles. The van der Waals surface area contributed by atoms with Crippen LogP contribution >= 0.6 is 0 Å². The molecule has 19 heavy (non-hydrogen) atoms. The molecule has 0 atom stereocenters. The first-order valence-electron chi connectivity index (χ1n) is 6.67. The summed E-state index contributed by atoms with van der Waals surface area (Å²) < 4.78 is 5.84. The van der Waals surface area contributed by atoms with E-state index in [4.69, 9.17) is 16.2 Å². The molecule has 0 spiro atoms. The lowest BCUT2D eigenvalue weighted by Crippen LogP contribution is -2.02. The lowest BCUT2D eigenvalue weighted by atomic mass is 9.92. The van der Waals surface area contributed by atoms with Gasteiger partial charge < -0.3 is 16.2 Å². The van der Waals surface area contributed by atoms with E-state index >= 15 is 0 Å². The zero-order valence-electron chi connectivity index (χ0n) is 10.9. The summed E-state index contributed by atoms with van der Waals surface area (Å²) in [6.07, 6.45) is 4.90. The third-order valence-electron chi connectivity index (χ3n) is 3.61. The van der Waals surface area contributed by atoms with E-state index in [1.807, 2.05) is 12.1 Å². The predicted octanol–water partition coefficient (Wildman–Crippen LogP) is 3.52. The summed E-state index contributed by atoms with van der Waals surface area (Å²) in [6, 6.07) is 11.7. The Hall–Kier alpha value is -2.16. The van der Waals surface area contributed by atoms with Crippen molar-refractivity contribution in [2.45, 2.75) is 25.7 Å². The second-order valence-electron chi connectivity index (χ2n) is 5.03. The largest absolute Gasteiger partial charge is 0.457 e. The number of rotatable bonds is 2. The average Bonchev–Trinajstić information content (AvgIpc) is 2.43. The van der Waals surface area contributed by atoms with Crippen LogP contribution in [0.3, 0.4) is 0 Å². The molecule has 3 nitrogen and oxygen atoms in total. The number of nitrogens with two attached hydrogens (primary N) is 2. The number of ether oxygens (including phenoxy) is 1. The molecule has 0 bridgehead atoms. The van der Waals surface area contributed by atoms with Crippen molar-refractivity contribution in [2.24, 2.45) is 0 Å². The van der Waals surface area contributed by atoms with Gasteiger partial charge in [-0.25, -0.2) is 0 Å². The van der Waals surface area contributed by atoms with Crippen molar-refractivity contribution in [2.75, 3.05) is 11.5 Å². The van der Waals surface area contributed by atoms with Crippen molar-refractivity contribution in [3.63, 3.8) is 0 Å². The molecule has 3 rings (SSSR count). The van der Waals surface area contributed by atoms with Crippen LogP contribution in [-0.4, -0.2) is 0 Å². The molecule has 0 heterocycles. The molecule has 1 aliphatic carbocycles. The predicted molar refractivity (Wildman–Crippen MR) is 78.4 cm³/mol. The van der Waals surface area contributed by atoms with Gasteiger partial charge in [-0.15, -0.1) is 0 Å². The zero-order valence-corrected chi connectivity index (χ0v) is 10.9. The van der Waals surface area contributed by atoms with Crippen LogP contribution in [-0.2, 0) is 12.8 Å². The molecule has 0 radical (unpaired) electrons. The first kappa shape index (κ1) is 11.9. The van der Waals surface area contributed by atoms with Crippen LogP contribution in [0.2, 0.25) is 0 Å². The van der Waals surface area contributed by atoms with Gasteiger partial charge in [0.1, 0.15) is 11.5 Å². The molecular formula is C16H18N2O. The number of anilines is 2. The molecule has 0 saturated carbocycles. The van der Waals surface area contributed by atoms with Crippen LogP contribution in [0.1, 0.15) is 24.0 Å². The van der Waals surface area contributed by atoms with Crippen molar-refractivity contribution < 1.29 is 4.74 Å². The van der Waals surface area contributed by atoms with Crippen molar-refractivity contribution in [1.29, 1.82) is 0 Å². The maximum absolute atomic E-state index is 5.84. The monoisotopic (exact) mass is 254 g/mol. The summed E-state index contributed by atoms with van der Waals surface area (Å²) in [7, 11) is 0. The van der Waals surface area contributed by atoms with Crippen molar-refractivity contribution in [1.82, 2.24) is 0 Å². The van der Waals surface area contributed by atoms with E-state index in [1.54, 1.807) is 12.1 Å². The molecule has 2 aromatic carbocycles. The lowest BCUT2D eigenvalue weighted by molar-refractivity contribution is 0.481. The van der Waals surface area contributed by atoms with E-state index in [0.717, 1.165) is 17.9 Å². The van der Waals surface area contributed by atoms with Crippen molar-refractivity contribution in [3.8, 4) is 11.5 Å². The fourth-order valence-corrected chi connectivity index (χ4v) is 2.53. The van der Waals surface area contributed by atoms with E-state index in [1.165, 1.54) is 30.4 Å². The van der Waals surface area contributed by atoms with Gasteiger partial charge in [0.25, 0.3) is 0 Å². The minimum Gasteiger partial charge on any atom is -0.457 e. The van der Waals surface area contributed by atoms with E-state index in [9.17, 15) is 0 Å². The lowest BCUT2D eigenvalue weighted by Gasteiger charge is -2.16. The highest BCUT2D eigenvalue weighted by Crippen LogP contribution is 2.30. The van der Waals surface area contributed by atoms with Crippen LogP contribution in [0.4, 0.5) is 11.4 Å². The number of hydrogen-bond acceptors (Lipinski definition) is 3. The van der Waals surface area contributed by atoms with E-state index in [-0.39, 0.29) is 0 Å². The summed E-state index contributed by atoms with van der Waals surface area (Å²) in [5.41, 5.74) is 15.5. The quantitative estimate of drug-likeness (QED) is 0.806. The maximum atomic E-state index is 5.84. The highest BCUT2D eigenvalue weighted by molar-refractivity contribution is 5.65. The average molecular weight is 254 g/mol. The maximum Gasteiger partial charge on any atom is 0.129 e. The number of hydrogen-bond donors (Lipinski definition) is 2. The van der Waals surface area contributed by atoms with Crippen molar-refractivity contribution in [3.05, 3.63) is 47.5 Å². The van der Waals surface area contributed by atoms with Crippen molar-refractivity contribution >= 4 is 11.4 Å². The molecule has 4 N–H and O–H groups in total. The van der Waals surface area contributed by atoms with Crippen LogP contribution in [0.15, 0.2) is 36.4 Å². The van der Waals surface area contributed by atoms with Gasteiger partial charge in [0.15, 0.2) is 0 Å². The Balaban J connectivity index is 1.84. The third-order valence-corrected chi connectivity index (χ3v) is 3.61. The van der Waals surface area contributed by atoms with E-state index in [0.29, 0.717) is 11.4 Å². The summed E-state index contributed by atoms with van der Waals surface area (Å²) in [4.78, 5) is 0. The fourth-order valence-electron chi connectivity index (χ4n) is 2.53. The highest BCUT2D eigenvalue weighted by atomic mass is 16.5. The first-order chi connectivity index (χ1) is 9.22. The summed E-state index contributed by atoms with van der Waals surface area (Å²) in [5.74, 6) is 1.59. The SMILES string of the molecule is Nc1ccc(Oc2ccc3c(c2)CCCC3)cc1N. The topological polar surface area (TPSA) is 61.3 Å². The minimum atomic E-state index is 0.551. The number of aryl methyl sites for hydroxylation is 2. The molecule has 98 valence electrons. The minimum absolute atomic E-state index is 0.551. The highest BCUT2D eigenvalue weighted by Gasteiger charge is 2.10. The van der Waals surface area contributed by atoms with Crippen LogP contribution < -0.4 is 16.2 Å². The summed E-state index contributed by atoms with van der Waals surface area (Å²) in [5, 5.41) is 0. The third kappa shape index (κ3) is 2.50. The Morgan fingerprint density at radius 1 is 0.737 bits per heavy atom. The van der Waals surface area contributed by atoms with Crippen LogP contribution in [0.25, 0.3) is 0 Å². The van der Waals surface area contributed by atoms with Crippen LogP contribution in [0.5, 0.6) is 11.5 Å². The molecule has 1 aliphatic rings. The fraction of sp³-hybridized carbons (Fsp3) is 0.250. The Labute approximate surface area is 113 Å². The Bertz CT molecular complexity index is 608. The zero-order chi connectivity index (χ0) is 13.2. The van der Waals surface area contributed by atoms with Gasteiger partial charge in [-0.05, 0) is 61.1 Å². The molecule has 0 aromatic heterocycles. The number of benzene rings is 2. The first-order valence-corrected chi connectivity index (χ1v) is 6.67. The van der Waals surface area contributed by atoms with Gasteiger partial charge in [-0.2, -0.15) is 0 Å². The van der Waals surface area contributed by atoms with Gasteiger partial charge in [-0.1, -0.05) is 6.07 Å². The molecule has 0 unspecified atom stereocenters. The smallest absolute Gasteiger partial charge is 0.129 e. The Morgan fingerprint density at radius 3 is 2.21 bits per heavy atom. The van der Waals surface area contributed by atoms with E-state index in [2.05, 4.69) is 12.1 Å². The Morgan fingerprint density at radius 2 is 1.42 bits per heavy atom. The van der Waals surface area contributed by atoms with Gasteiger partial charge in [0.2, 0.25) is 0 Å². The molecular weight excluding hydrogens is 236 g/mol. The molecule has 2 aromatic rings. The summed E-state index contributed by atoms with van der Waals surface area (Å²) in [6.45, 7) is 0. The van der Waals surface area contributed by atoms with Gasteiger partial charge in [0, 0.05) is 6.07 Å². The standard InChI is InChI=1S/C16H18N2O/c17-15-8-7-14(10-16(15)18)19-13-6-5-11-3-1-2-4-12(11)9-13/h5-10H,1-4,17-18H2. The molecule has 0 amide bonds. The number of fused-ring (bicyclic) bond motifs is 1. The van der Waals surface area contributed by atoms with Gasteiger partial charge >= 0.3 is 0 Å². The second-order valence-corrected chi connectivity index (χ2v) is 5.03. The second kappa shape index (κ2) is 4.84. The normalized spacial score (nSPS) is 13.9. The Kier molecular flexibility index (Phi) is 3.03. The molecule has 3 heteroatoms. The van der Waals surface area contributed by atoms with Gasteiger partial charge in [0.05, 0.1) is 11.4 Å². The van der Waals surface area contributed by atoms with E-state index < -0.39 is 0 Å². The van der Waals surface area contributed by atoms with Gasteiger partial charge in [-0.3, -0.25) is 0 Å². The van der Waals surface area contributed by atoms with Crippen LogP contribution in [0, 0.1) is 0 Å². The molecule has 0 saturated heterocycles. The molecule has 0 fully saturated rings.